The number of nitrogens with zero attached hydrogens (tertiary/aromatic N) is 2. The number of aromatic nitrogens is 2. The molecule has 0 saturated heterocycles. The van der Waals surface area contributed by atoms with Crippen LogP contribution in [0.4, 0.5) is 0 Å². The topological polar surface area (TPSA) is 50.3 Å². The lowest BCUT2D eigenvalue weighted by Gasteiger charge is -2.09. The molecule has 352 valence electrons. The van der Waals surface area contributed by atoms with Gasteiger partial charge in [0.15, 0.2) is 0 Å². The van der Waals surface area contributed by atoms with Crippen LogP contribution in [-0.4, -0.2) is 26.3 Å². The third-order valence-electron chi connectivity index (χ3n) is 14.0. The van der Waals surface area contributed by atoms with Crippen molar-refractivity contribution in [2.24, 2.45) is 0 Å². The maximum absolute atomic E-state index is 9.11. The van der Waals surface area contributed by atoms with Crippen molar-refractivity contribution in [3.8, 4) is 44.8 Å². The minimum absolute atomic E-state index is 0.504. The predicted molar refractivity (Wildman–Crippen MR) is 317 cm³/mol. The summed E-state index contributed by atoms with van der Waals surface area (Å²) in [5.74, 6) is 0. The third-order valence-corrected chi connectivity index (χ3v) is 14.5. The van der Waals surface area contributed by atoms with Crippen molar-refractivity contribution in [2.45, 2.75) is 0 Å². The zero-order valence-corrected chi connectivity index (χ0v) is 41.9. The first-order chi connectivity index (χ1) is 36.5. The van der Waals surface area contributed by atoms with Crippen LogP contribution < -0.4 is 5.46 Å². The van der Waals surface area contributed by atoms with Crippen LogP contribution in [0, 0.1) is 0 Å². The summed E-state index contributed by atoms with van der Waals surface area (Å²) < 4.78 is 5.79. The van der Waals surface area contributed by atoms with E-state index in [0.717, 1.165) is 15.6 Å². The van der Waals surface area contributed by atoms with E-state index in [9.17, 15) is 0 Å². The van der Waals surface area contributed by atoms with Crippen molar-refractivity contribution >= 4 is 93.7 Å². The molecule has 2 heterocycles. The van der Waals surface area contributed by atoms with E-state index in [2.05, 4.69) is 256 Å². The minimum Gasteiger partial charge on any atom is -0.423 e. The molecule has 2 N–H and O–H groups in total. The van der Waals surface area contributed by atoms with Crippen LogP contribution in [0.3, 0.4) is 0 Å². The summed E-state index contributed by atoms with van der Waals surface area (Å²) in [6.45, 7) is 0. The third kappa shape index (κ3) is 8.97. The number of hydrogen-bond donors (Lipinski definition) is 2. The number of fused-ring (bicyclic) bond motifs is 8. The molecule has 0 unspecified atom stereocenters. The van der Waals surface area contributed by atoms with Crippen LogP contribution in [-0.2, 0) is 0 Å². The van der Waals surface area contributed by atoms with Gasteiger partial charge in [0, 0.05) is 37.4 Å². The first-order valence-corrected chi connectivity index (χ1v) is 25.6. The van der Waals surface area contributed by atoms with Gasteiger partial charge in [0.1, 0.15) is 0 Å². The van der Waals surface area contributed by atoms with Crippen molar-refractivity contribution < 1.29 is 10.0 Å². The van der Waals surface area contributed by atoms with E-state index in [4.69, 9.17) is 10.0 Å². The van der Waals surface area contributed by atoms with Gasteiger partial charge in [0.25, 0.3) is 0 Å². The summed E-state index contributed by atoms with van der Waals surface area (Å²) in [4.78, 5) is 0. The molecule has 0 atom stereocenters. The Hall–Kier alpha value is -8.78. The fourth-order valence-electron chi connectivity index (χ4n) is 10.4. The Morgan fingerprint density at radius 2 is 0.662 bits per heavy atom. The van der Waals surface area contributed by atoms with E-state index in [1.54, 1.807) is 12.1 Å². The maximum atomic E-state index is 9.11. The van der Waals surface area contributed by atoms with Crippen LogP contribution in [0.1, 0.15) is 0 Å². The monoisotopic (exact) mass is 1010 g/mol. The van der Waals surface area contributed by atoms with Crippen molar-refractivity contribution in [3.05, 3.63) is 284 Å². The van der Waals surface area contributed by atoms with Crippen molar-refractivity contribution in [2.75, 3.05) is 0 Å². The number of halogens is 1. The Morgan fingerprint density at radius 1 is 0.284 bits per heavy atom. The Morgan fingerprint density at radius 3 is 1.18 bits per heavy atom. The minimum atomic E-state index is -1.42. The molecule has 0 fully saturated rings. The smallest absolute Gasteiger partial charge is 0.423 e. The zero-order chi connectivity index (χ0) is 50.0. The molecule has 0 radical (unpaired) electrons. The van der Waals surface area contributed by atoms with Crippen molar-refractivity contribution in [1.82, 2.24) is 9.13 Å². The highest BCUT2D eigenvalue weighted by Gasteiger charge is 2.15. The summed E-state index contributed by atoms with van der Waals surface area (Å²) in [7, 11) is -1.42. The second kappa shape index (κ2) is 20.4. The average molecular weight is 1020 g/mol. The molecule has 14 rings (SSSR count). The molecule has 0 aliphatic rings. The van der Waals surface area contributed by atoms with E-state index in [0.29, 0.717) is 5.46 Å². The van der Waals surface area contributed by atoms with E-state index >= 15 is 0 Å². The van der Waals surface area contributed by atoms with Gasteiger partial charge >= 0.3 is 7.12 Å². The molecule has 6 heteroatoms. The Bertz CT molecular complexity index is 4270. The quantitative estimate of drug-likeness (QED) is 0.163. The summed E-state index contributed by atoms with van der Waals surface area (Å²) in [6, 6.07) is 97.5. The van der Waals surface area contributed by atoms with Gasteiger partial charge in [-0.05, 0) is 127 Å². The number of rotatable bonds is 6. The van der Waals surface area contributed by atoms with Gasteiger partial charge in [-0.3, -0.25) is 0 Å². The lowest BCUT2D eigenvalue weighted by Crippen LogP contribution is -2.29. The van der Waals surface area contributed by atoms with E-state index in [1.807, 2.05) is 36.4 Å². The standard InChI is InChI=1S/C34H23N.C18H12BrN.C16H13BO2/c1-2-11-28(12-3-1)35-33-16-7-6-14-31(33)32-23-27(21-22-34(32)35)24-17-19-26(20-18-24)30-15-8-10-25-9-4-5-13-29(25)30;19-13-10-11-18-16(12-13)15-8-4-5-9-17(15)20(18)14-6-2-1-3-7-14;18-17(19)14-10-8-13(9-11-14)16-7-3-5-12-4-1-2-6-15(12)16/h1-23H;1-12H;1-11,18-19H. The first-order valence-electron chi connectivity index (χ1n) is 24.8. The molecular formula is C68H48BBrN2O2. The predicted octanol–water partition coefficient (Wildman–Crippen LogP) is 17.0. The normalized spacial score (nSPS) is 11.2. The van der Waals surface area contributed by atoms with Crippen LogP contribution in [0.25, 0.3) is 110 Å². The molecule has 2 aromatic heterocycles. The molecule has 0 aliphatic heterocycles. The Kier molecular flexibility index (Phi) is 12.8. The van der Waals surface area contributed by atoms with Crippen LogP contribution >= 0.6 is 15.9 Å². The average Bonchev–Trinajstić information content (AvgIpc) is 3.98. The fraction of sp³-hybridized carbons (Fsp3) is 0. The van der Waals surface area contributed by atoms with Crippen molar-refractivity contribution in [1.29, 1.82) is 0 Å². The van der Waals surface area contributed by atoms with Gasteiger partial charge in [-0.25, -0.2) is 0 Å². The summed E-state index contributed by atoms with van der Waals surface area (Å²) in [5.41, 5.74) is 15.0. The number of para-hydroxylation sites is 4. The SMILES string of the molecule is Brc1ccc2c(c1)c1ccccc1n2-c1ccccc1.OB(O)c1ccc(-c2cccc3ccccc23)cc1.c1ccc(-n2c3ccccc3c3cc(-c4ccc(-c5cccc6ccccc56)cc4)ccc32)cc1. The van der Waals surface area contributed by atoms with Crippen LogP contribution in [0.5, 0.6) is 0 Å². The molecular weight excluding hydrogens is 967 g/mol. The largest absolute Gasteiger partial charge is 0.488 e. The van der Waals surface area contributed by atoms with E-state index in [-0.39, 0.29) is 0 Å². The molecule has 0 bridgehead atoms. The van der Waals surface area contributed by atoms with Crippen LogP contribution in [0.15, 0.2) is 284 Å². The van der Waals surface area contributed by atoms with Gasteiger partial charge < -0.3 is 19.2 Å². The fourth-order valence-corrected chi connectivity index (χ4v) is 10.8. The van der Waals surface area contributed by atoms with E-state index < -0.39 is 7.12 Å². The molecule has 74 heavy (non-hydrogen) atoms. The molecule has 0 saturated carbocycles. The Labute approximate surface area is 438 Å². The van der Waals surface area contributed by atoms with Gasteiger partial charge in [0.2, 0.25) is 0 Å². The molecule has 12 aromatic carbocycles. The number of benzene rings is 12. The second-order valence-corrected chi connectivity index (χ2v) is 19.3. The first kappa shape index (κ1) is 46.3. The highest BCUT2D eigenvalue weighted by atomic mass is 79.9. The van der Waals surface area contributed by atoms with Gasteiger partial charge in [-0.1, -0.05) is 228 Å². The number of hydrogen-bond acceptors (Lipinski definition) is 2. The summed E-state index contributed by atoms with van der Waals surface area (Å²) in [6.07, 6.45) is 0. The maximum Gasteiger partial charge on any atom is 0.488 e. The lowest BCUT2D eigenvalue weighted by molar-refractivity contribution is 0.426. The van der Waals surface area contributed by atoms with Gasteiger partial charge in [-0.2, -0.15) is 0 Å². The highest BCUT2D eigenvalue weighted by molar-refractivity contribution is 9.10. The highest BCUT2D eigenvalue weighted by Crippen LogP contribution is 2.37. The molecule has 0 amide bonds. The van der Waals surface area contributed by atoms with Crippen LogP contribution in [0.2, 0.25) is 0 Å². The van der Waals surface area contributed by atoms with Gasteiger partial charge in [-0.15, -0.1) is 0 Å². The summed E-state index contributed by atoms with van der Waals surface area (Å²) in [5, 5.41) is 28.3. The molecule has 0 aliphatic carbocycles. The van der Waals surface area contributed by atoms with Crippen molar-refractivity contribution in [3.63, 3.8) is 0 Å². The molecule has 14 aromatic rings. The second-order valence-electron chi connectivity index (χ2n) is 18.4. The summed E-state index contributed by atoms with van der Waals surface area (Å²) >= 11 is 3.57. The van der Waals surface area contributed by atoms with E-state index in [1.165, 1.54) is 98.8 Å². The lowest BCUT2D eigenvalue weighted by atomic mass is 9.79. The molecule has 4 nitrogen and oxygen atoms in total. The molecule has 0 spiro atoms. The van der Waals surface area contributed by atoms with Gasteiger partial charge in [0.05, 0.1) is 22.1 Å². The Balaban J connectivity index is 0.000000122. The zero-order valence-electron chi connectivity index (χ0n) is 40.3.